The smallest absolute Gasteiger partial charge is 0.206 e. The van der Waals surface area contributed by atoms with E-state index in [9.17, 15) is 4.79 Å². The van der Waals surface area contributed by atoms with Gasteiger partial charge in [-0.2, -0.15) is 0 Å². The molecule has 0 aliphatic carbocycles. The summed E-state index contributed by atoms with van der Waals surface area (Å²) in [4.78, 5) is 20.8. The summed E-state index contributed by atoms with van der Waals surface area (Å²) in [7, 11) is 0. The maximum atomic E-state index is 12.3. The zero-order valence-corrected chi connectivity index (χ0v) is 13.3. The number of carbonyl (C=O) groups is 1. The number of benzene rings is 1. The fourth-order valence-electron chi connectivity index (χ4n) is 2.17. The van der Waals surface area contributed by atoms with E-state index in [2.05, 4.69) is 16.0 Å². The van der Waals surface area contributed by atoms with Crippen LogP contribution in [0.25, 0.3) is 0 Å². The summed E-state index contributed by atoms with van der Waals surface area (Å²) in [5, 5.41) is 2.78. The Hall–Kier alpha value is -2.04. The number of aryl methyl sites for hydroxylation is 2. The van der Waals surface area contributed by atoms with Gasteiger partial charge in [-0.15, -0.1) is 11.3 Å². The molecule has 0 saturated heterocycles. The quantitative estimate of drug-likeness (QED) is 0.659. The molecule has 0 saturated carbocycles. The maximum Gasteiger partial charge on any atom is 0.206 e. The maximum absolute atomic E-state index is 12.3. The summed E-state index contributed by atoms with van der Waals surface area (Å²) in [6, 6.07) is 9.81. The van der Waals surface area contributed by atoms with Crippen molar-refractivity contribution in [2.24, 2.45) is 0 Å². The van der Waals surface area contributed by atoms with Crippen LogP contribution in [0.1, 0.15) is 26.4 Å². The highest BCUT2D eigenvalue weighted by Gasteiger charge is 2.12. The highest BCUT2D eigenvalue weighted by molar-refractivity contribution is 7.12. The van der Waals surface area contributed by atoms with Crippen LogP contribution in [0, 0.1) is 0 Å². The first kappa shape index (κ1) is 14.9. The number of halogens is 1. The Bertz CT molecular complexity index is 786. The third-order valence-electron chi connectivity index (χ3n) is 3.29. The highest BCUT2D eigenvalue weighted by Crippen LogP contribution is 2.20. The van der Waals surface area contributed by atoms with Gasteiger partial charge in [0.1, 0.15) is 6.33 Å². The van der Waals surface area contributed by atoms with Crippen molar-refractivity contribution in [3.8, 4) is 0 Å². The molecule has 3 aromatic rings. The Labute approximate surface area is 137 Å². The lowest BCUT2D eigenvalue weighted by atomic mass is 10.1. The molecule has 3 nitrogen and oxygen atoms in total. The predicted molar refractivity (Wildman–Crippen MR) is 88.6 cm³/mol. The molecule has 0 N–H and O–H groups in total. The predicted octanol–water partition coefficient (Wildman–Crippen LogP) is 4.21. The van der Waals surface area contributed by atoms with Gasteiger partial charge in [0.05, 0.1) is 10.4 Å². The van der Waals surface area contributed by atoms with Gasteiger partial charge in [-0.25, -0.2) is 9.97 Å². The second-order valence-electron chi connectivity index (χ2n) is 4.91. The molecule has 22 heavy (non-hydrogen) atoms. The van der Waals surface area contributed by atoms with E-state index in [0.29, 0.717) is 5.56 Å². The molecule has 110 valence electrons. The van der Waals surface area contributed by atoms with Crippen LogP contribution in [0.15, 0.2) is 54.4 Å². The summed E-state index contributed by atoms with van der Waals surface area (Å²) in [5.74, 6) is -0.0281. The minimum Gasteiger partial charge on any atom is -0.288 e. The van der Waals surface area contributed by atoms with Crippen LogP contribution in [0.5, 0.6) is 0 Å². The van der Waals surface area contributed by atoms with Gasteiger partial charge >= 0.3 is 0 Å². The topological polar surface area (TPSA) is 42.9 Å². The first-order valence-corrected chi connectivity index (χ1v) is 8.10. The van der Waals surface area contributed by atoms with Crippen molar-refractivity contribution in [3.05, 3.63) is 81.0 Å². The number of ketones is 1. The summed E-state index contributed by atoms with van der Waals surface area (Å²) in [5.41, 5.74) is 2.87. The average molecular weight is 329 g/mol. The molecule has 0 radical (unpaired) electrons. The van der Waals surface area contributed by atoms with Crippen LogP contribution < -0.4 is 0 Å². The first-order chi connectivity index (χ1) is 10.7. The Morgan fingerprint density at radius 2 is 1.86 bits per heavy atom. The second kappa shape index (κ2) is 6.81. The van der Waals surface area contributed by atoms with E-state index in [1.54, 1.807) is 12.4 Å². The second-order valence-corrected chi connectivity index (χ2v) is 6.25. The normalized spacial score (nSPS) is 10.6. The summed E-state index contributed by atoms with van der Waals surface area (Å²) >= 11 is 7.45. The fraction of sp³-hybridized carbons (Fsp3) is 0.118. The molecule has 0 atom stereocenters. The monoisotopic (exact) mass is 328 g/mol. The van der Waals surface area contributed by atoms with Crippen molar-refractivity contribution >= 4 is 28.7 Å². The van der Waals surface area contributed by atoms with Crippen LogP contribution >= 0.6 is 22.9 Å². The number of thiophene rings is 1. The molecule has 0 spiro atoms. The minimum absolute atomic E-state index is 0.0281. The molecule has 0 unspecified atom stereocenters. The average Bonchev–Trinajstić information content (AvgIpc) is 3.02. The van der Waals surface area contributed by atoms with E-state index < -0.39 is 0 Å². The summed E-state index contributed by atoms with van der Waals surface area (Å²) in [6.45, 7) is 0. The lowest BCUT2D eigenvalue weighted by Crippen LogP contribution is -1.99. The molecule has 0 fully saturated rings. The minimum atomic E-state index is -0.0281. The molecular formula is C17H13ClN2OS. The number of hydrogen-bond acceptors (Lipinski definition) is 4. The van der Waals surface area contributed by atoms with E-state index in [4.69, 9.17) is 11.6 Å². The van der Waals surface area contributed by atoms with Crippen molar-refractivity contribution in [1.29, 1.82) is 0 Å². The Morgan fingerprint density at radius 1 is 1.09 bits per heavy atom. The van der Waals surface area contributed by atoms with Gasteiger partial charge in [-0.1, -0.05) is 23.7 Å². The number of rotatable bonds is 5. The zero-order chi connectivity index (χ0) is 15.4. The van der Waals surface area contributed by atoms with E-state index in [-0.39, 0.29) is 5.78 Å². The van der Waals surface area contributed by atoms with Gasteiger partial charge in [0, 0.05) is 17.4 Å². The summed E-state index contributed by atoms with van der Waals surface area (Å²) < 4.78 is 0. The molecule has 3 rings (SSSR count). The number of aromatic nitrogens is 2. The lowest BCUT2D eigenvalue weighted by Gasteiger charge is -2.00. The zero-order valence-electron chi connectivity index (χ0n) is 11.7. The standard InChI is InChI=1S/C17H13ClN2OS/c18-15-3-1-2-12(6-15)4-5-13-7-16(22-10-13)17(21)14-8-19-11-20-9-14/h1-3,6-11H,4-5H2. The largest absolute Gasteiger partial charge is 0.288 e. The Morgan fingerprint density at radius 3 is 2.64 bits per heavy atom. The molecular weight excluding hydrogens is 316 g/mol. The number of nitrogens with zero attached hydrogens (tertiary/aromatic N) is 2. The van der Waals surface area contributed by atoms with Gasteiger partial charge in [-0.05, 0) is 47.5 Å². The third-order valence-corrected chi connectivity index (χ3v) is 4.50. The Balaban J connectivity index is 1.68. The molecule has 0 amide bonds. The SMILES string of the molecule is O=C(c1cncnc1)c1cc(CCc2cccc(Cl)c2)cs1. The first-order valence-electron chi connectivity index (χ1n) is 6.84. The molecule has 0 bridgehead atoms. The van der Waals surface area contributed by atoms with Crippen molar-refractivity contribution < 1.29 is 4.79 Å². The van der Waals surface area contributed by atoms with Crippen LogP contribution in [0.4, 0.5) is 0 Å². The molecule has 2 aromatic heterocycles. The van der Waals surface area contributed by atoms with Gasteiger partial charge < -0.3 is 0 Å². The van der Waals surface area contributed by atoms with Crippen molar-refractivity contribution in [2.75, 3.05) is 0 Å². The van der Waals surface area contributed by atoms with Crippen LogP contribution in [-0.2, 0) is 12.8 Å². The number of carbonyl (C=O) groups excluding carboxylic acids is 1. The molecule has 5 heteroatoms. The van der Waals surface area contributed by atoms with Gasteiger partial charge in [0.15, 0.2) is 0 Å². The van der Waals surface area contributed by atoms with Crippen molar-refractivity contribution in [1.82, 2.24) is 9.97 Å². The molecule has 0 aliphatic rings. The molecule has 2 heterocycles. The van der Waals surface area contributed by atoms with Gasteiger partial charge in [-0.3, -0.25) is 4.79 Å². The number of hydrogen-bond donors (Lipinski definition) is 0. The van der Waals surface area contributed by atoms with E-state index in [1.807, 2.05) is 29.6 Å². The molecule has 1 aromatic carbocycles. The van der Waals surface area contributed by atoms with E-state index in [1.165, 1.54) is 23.2 Å². The highest BCUT2D eigenvalue weighted by atomic mass is 35.5. The van der Waals surface area contributed by atoms with Crippen molar-refractivity contribution in [3.63, 3.8) is 0 Å². The van der Waals surface area contributed by atoms with Gasteiger partial charge in [0.25, 0.3) is 0 Å². The molecule has 0 aliphatic heterocycles. The van der Waals surface area contributed by atoms with Crippen LogP contribution in [0.2, 0.25) is 5.02 Å². The fourth-order valence-corrected chi connectivity index (χ4v) is 3.29. The van der Waals surface area contributed by atoms with Crippen molar-refractivity contribution in [2.45, 2.75) is 12.8 Å². The van der Waals surface area contributed by atoms with E-state index >= 15 is 0 Å². The van der Waals surface area contributed by atoms with Gasteiger partial charge in [0.2, 0.25) is 5.78 Å². The summed E-state index contributed by atoms with van der Waals surface area (Å²) in [6.07, 6.45) is 6.29. The van der Waals surface area contributed by atoms with E-state index in [0.717, 1.165) is 28.3 Å². The Kier molecular flexibility index (Phi) is 4.61. The third kappa shape index (κ3) is 3.59. The van der Waals surface area contributed by atoms with Crippen LogP contribution in [0.3, 0.4) is 0 Å². The lowest BCUT2D eigenvalue weighted by molar-refractivity contribution is 0.104. The van der Waals surface area contributed by atoms with Crippen LogP contribution in [-0.4, -0.2) is 15.8 Å².